The molecule has 6 heteroatoms. The molecular weight excluding hydrogens is 318 g/mol. The number of nitrogens with one attached hydrogen (secondary N) is 1. The molecule has 1 aromatic heterocycles. The van der Waals surface area contributed by atoms with E-state index < -0.39 is 0 Å². The van der Waals surface area contributed by atoms with Crippen molar-refractivity contribution < 1.29 is 14.3 Å². The number of rotatable bonds is 7. The average Bonchev–Trinajstić information content (AvgIpc) is 3.25. The molecule has 2 aliphatic rings. The Labute approximate surface area is 148 Å². The van der Waals surface area contributed by atoms with Crippen molar-refractivity contribution in [3.05, 3.63) is 22.9 Å². The number of nitrogens with zero attached hydrogens (tertiary/aromatic N) is 2. The topological polar surface area (TPSA) is 71.5 Å². The van der Waals surface area contributed by atoms with Crippen molar-refractivity contribution in [3.8, 4) is 5.88 Å². The Kier molecular flexibility index (Phi) is 5.56. The van der Waals surface area contributed by atoms with Crippen LogP contribution < -0.4 is 10.1 Å². The number of amides is 2. The van der Waals surface area contributed by atoms with Crippen LogP contribution in [-0.4, -0.2) is 35.4 Å². The minimum absolute atomic E-state index is 0.00135. The lowest BCUT2D eigenvalue weighted by molar-refractivity contribution is -0.121. The Morgan fingerprint density at radius 3 is 2.84 bits per heavy atom. The number of fused-ring (bicyclic) bond motifs is 1. The first-order valence-electron chi connectivity index (χ1n) is 9.25. The molecule has 0 radical (unpaired) electrons. The van der Waals surface area contributed by atoms with E-state index in [9.17, 15) is 9.59 Å². The van der Waals surface area contributed by atoms with Gasteiger partial charge in [-0.1, -0.05) is 25.7 Å². The quantitative estimate of drug-likeness (QED) is 0.825. The monoisotopic (exact) mass is 345 g/mol. The lowest BCUT2D eigenvalue weighted by atomic mass is 10.0. The zero-order valence-electron chi connectivity index (χ0n) is 15.1. The zero-order valence-corrected chi connectivity index (χ0v) is 15.1. The molecule has 1 saturated carbocycles. The van der Waals surface area contributed by atoms with Crippen molar-refractivity contribution >= 4 is 11.8 Å². The molecule has 0 atom stereocenters. The van der Waals surface area contributed by atoms with Gasteiger partial charge in [0.2, 0.25) is 11.8 Å². The highest BCUT2D eigenvalue weighted by atomic mass is 16.5. The van der Waals surface area contributed by atoms with E-state index in [4.69, 9.17) is 4.74 Å². The van der Waals surface area contributed by atoms with Crippen LogP contribution in [0.15, 0.2) is 6.07 Å². The summed E-state index contributed by atoms with van der Waals surface area (Å²) in [4.78, 5) is 30.7. The second kappa shape index (κ2) is 7.85. The van der Waals surface area contributed by atoms with Gasteiger partial charge in [0.15, 0.2) is 0 Å². The van der Waals surface area contributed by atoms with Gasteiger partial charge in [-0.05, 0) is 25.3 Å². The summed E-state index contributed by atoms with van der Waals surface area (Å²) in [6.07, 6.45) is 6.64. The fourth-order valence-corrected chi connectivity index (χ4v) is 3.78. The third-order valence-electron chi connectivity index (χ3n) is 5.30. The molecule has 25 heavy (non-hydrogen) atoms. The van der Waals surface area contributed by atoms with Gasteiger partial charge in [0.1, 0.15) is 0 Å². The third-order valence-corrected chi connectivity index (χ3v) is 5.30. The van der Waals surface area contributed by atoms with E-state index >= 15 is 0 Å². The molecule has 1 fully saturated rings. The average molecular weight is 345 g/mol. The predicted molar refractivity (Wildman–Crippen MR) is 94.2 cm³/mol. The molecule has 0 unspecified atom stereocenters. The van der Waals surface area contributed by atoms with E-state index in [1.54, 1.807) is 12.0 Å². The van der Waals surface area contributed by atoms with Gasteiger partial charge in [0.05, 0.1) is 24.9 Å². The number of hydrogen-bond donors (Lipinski definition) is 1. The van der Waals surface area contributed by atoms with Gasteiger partial charge in [0, 0.05) is 25.1 Å². The first kappa shape index (κ1) is 17.7. The fraction of sp³-hybridized carbons (Fsp3) is 0.632. The Balaban J connectivity index is 1.61. The highest BCUT2D eigenvalue weighted by molar-refractivity contribution is 5.98. The number of pyridine rings is 1. The molecule has 1 aliphatic heterocycles. The van der Waals surface area contributed by atoms with E-state index in [1.807, 2.05) is 13.0 Å². The maximum absolute atomic E-state index is 12.3. The van der Waals surface area contributed by atoms with Crippen LogP contribution in [0, 0.1) is 5.92 Å². The van der Waals surface area contributed by atoms with E-state index in [0.29, 0.717) is 43.4 Å². The lowest BCUT2D eigenvalue weighted by Gasteiger charge is -2.12. The molecule has 1 N–H and O–H groups in total. The Morgan fingerprint density at radius 1 is 1.40 bits per heavy atom. The maximum atomic E-state index is 12.3. The molecule has 136 valence electrons. The predicted octanol–water partition coefficient (Wildman–Crippen LogP) is 2.65. The Morgan fingerprint density at radius 2 is 2.16 bits per heavy atom. The summed E-state index contributed by atoms with van der Waals surface area (Å²) in [5.41, 5.74) is 2.12. The van der Waals surface area contributed by atoms with Gasteiger partial charge in [-0.15, -0.1) is 0 Å². The van der Waals surface area contributed by atoms with Crippen LogP contribution in [0.25, 0.3) is 0 Å². The van der Waals surface area contributed by atoms with Crippen LogP contribution in [0.4, 0.5) is 0 Å². The van der Waals surface area contributed by atoms with Gasteiger partial charge in [-0.3, -0.25) is 9.59 Å². The molecule has 2 heterocycles. The van der Waals surface area contributed by atoms with E-state index in [2.05, 4.69) is 10.3 Å². The summed E-state index contributed by atoms with van der Waals surface area (Å²) in [6.45, 7) is 3.47. The number of methoxy groups -OCH3 is 1. The highest BCUT2D eigenvalue weighted by Crippen LogP contribution is 2.29. The molecule has 0 spiro atoms. The first-order valence-corrected chi connectivity index (χ1v) is 9.25. The fourth-order valence-electron chi connectivity index (χ4n) is 3.78. The molecule has 1 aliphatic carbocycles. The van der Waals surface area contributed by atoms with Crippen LogP contribution in [0.5, 0.6) is 5.88 Å². The van der Waals surface area contributed by atoms with Gasteiger partial charge in [-0.25, -0.2) is 4.98 Å². The number of aromatic nitrogens is 1. The van der Waals surface area contributed by atoms with Crippen LogP contribution in [-0.2, 0) is 17.9 Å². The molecule has 6 nitrogen and oxygen atoms in total. The van der Waals surface area contributed by atoms with Gasteiger partial charge < -0.3 is 15.0 Å². The van der Waals surface area contributed by atoms with Gasteiger partial charge >= 0.3 is 0 Å². The van der Waals surface area contributed by atoms with Crippen LogP contribution in [0.2, 0.25) is 0 Å². The standard InChI is InChI=1S/C19H27N3O3/c1-3-22-12-16-15(19(22)24)10-14(18(21-16)25-2)11-20-17(23)9-8-13-6-4-5-7-13/h10,13H,3-9,11-12H2,1-2H3,(H,20,23). The molecule has 0 aromatic carbocycles. The van der Waals surface area contributed by atoms with Crippen molar-refractivity contribution in [1.29, 1.82) is 0 Å². The van der Waals surface area contributed by atoms with E-state index in [-0.39, 0.29) is 11.8 Å². The number of hydrogen-bond acceptors (Lipinski definition) is 4. The maximum Gasteiger partial charge on any atom is 0.256 e. The largest absolute Gasteiger partial charge is 0.481 e. The summed E-state index contributed by atoms with van der Waals surface area (Å²) in [5, 5.41) is 2.95. The third kappa shape index (κ3) is 3.94. The lowest BCUT2D eigenvalue weighted by Crippen LogP contribution is -2.24. The summed E-state index contributed by atoms with van der Waals surface area (Å²) < 4.78 is 5.36. The summed E-state index contributed by atoms with van der Waals surface area (Å²) in [7, 11) is 1.56. The summed E-state index contributed by atoms with van der Waals surface area (Å²) in [5.74, 6) is 1.25. The molecule has 2 amide bonds. The second-order valence-corrected chi connectivity index (χ2v) is 6.94. The van der Waals surface area contributed by atoms with Crippen LogP contribution in [0.1, 0.15) is 67.1 Å². The summed E-state index contributed by atoms with van der Waals surface area (Å²) >= 11 is 0. The van der Waals surface area contributed by atoms with Gasteiger partial charge in [-0.2, -0.15) is 0 Å². The van der Waals surface area contributed by atoms with E-state index in [1.165, 1.54) is 25.7 Å². The zero-order chi connectivity index (χ0) is 17.8. The van der Waals surface area contributed by atoms with Crippen molar-refractivity contribution in [2.45, 2.75) is 58.5 Å². The van der Waals surface area contributed by atoms with Gasteiger partial charge in [0.25, 0.3) is 5.91 Å². The number of ether oxygens (including phenoxy) is 1. The second-order valence-electron chi connectivity index (χ2n) is 6.94. The van der Waals surface area contributed by atoms with Crippen molar-refractivity contribution in [3.63, 3.8) is 0 Å². The van der Waals surface area contributed by atoms with Crippen molar-refractivity contribution in [2.24, 2.45) is 5.92 Å². The molecule has 3 rings (SSSR count). The SMILES string of the molecule is CCN1Cc2nc(OC)c(CNC(=O)CCC3CCCC3)cc2C1=O. The van der Waals surface area contributed by atoms with Crippen molar-refractivity contribution in [1.82, 2.24) is 15.2 Å². The molecule has 1 aromatic rings. The molecular formula is C19H27N3O3. The number of carbonyl (C=O) groups excluding carboxylic acids is 2. The Bertz CT molecular complexity index is 654. The minimum Gasteiger partial charge on any atom is -0.481 e. The first-order chi connectivity index (χ1) is 12.1. The van der Waals surface area contributed by atoms with E-state index in [0.717, 1.165) is 17.7 Å². The minimum atomic E-state index is 0.00135. The van der Waals surface area contributed by atoms with Crippen molar-refractivity contribution in [2.75, 3.05) is 13.7 Å². The molecule has 0 saturated heterocycles. The summed E-state index contributed by atoms with van der Waals surface area (Å²) in [6, 6.07) is 1.82. The van der Waals surface area contributed by atoms with Crippen LogP contribution in [0.3, 0.4) is 0 Å². The molecule has 0 bridgehead atoms. The smallest absolute Gasteiger partial charge is 0.256 e. The normalized spacial score (nSPS) is 17.0. The van der Waals surface area contributed by atoms with Crippen LogP contribution >= 0.6 is 0 Å². The highest BCUT2D eigenvalue weighted by Gasteiger charge is 2.29. The number of carbonyl (C=O) groups is 2. The Hall–Kier alpha value is -2.11.